The van der Waals surface area contributed by atoms with Gasteiger partial charge in [0.25, 0.3) is 0 Å². The summed E-state index contributed by atoms with van der Waals surface area (Å²) in [5, 5.41) is 10.1. The zero-order valence-electron chi connectivity index (χ0n) is 16.2. The highest BCUT2D eigenvalue weighted by Crippen LogP contribution is 2.29. The van der Waals surface area contributed by atoms with Crippen molar-refractivity contribution in [1.82, 2.24) is 20.5 Å². The highest BCUT2D eigenvalue weighted by atomic mass is 127. The fourth-order valence-electron chi connectivity index (χ4n) is 3.17. The summed E-state index contributed by atoms with van der Waals surface area (Å²) < 4.78 is 0. The number of aryl methyl sites for hydroxylation is 1. The number of aliphatic imine (C=N–C) groups is 1. The van der Waals surface area contributed by atoms with Crippen molar-refractivity contribution in [2.75, 3.05) is 39.8 Å². The number of likely N-dealkylation sites (tertiary alicyclic amines) is 1. The van der Waals surface area contributed by atoms with Gasteiger partial charge in [-0.3, -0.25) is 4.99 Å². The molecule has 0 bridgehead atoms. The molecule has 1 fully saturated rings. The van der Waals surface area contributed by atoms with Crippen LogP contribution in [0.15, 0.2) is 22.5 Å². The first-order valence-corrected chi connectivity index (χ1v) is 11.1. The van der Waals surface area contributed by atoms with Gasteiger partial charge >= 0.3 is 0 Å². The second kappa shape index (κ2) is 12.0. The van der Waals surface area contributed by atoms with E-state index in [0.29, 0.717) is 0 Å². The third kappa shape index (κ3) is 7.32. The number of hydrogen-bond donors (Lipinski definition) is 2. The number of guanidine groups is 1. The number of halogens is 1. The Morgan fingerprint density at radius 1 is 1.19 bits per heavy atom. The third-order valence-corrected chi connectivity index (χ3v) is 6.53. The molecule has 2 aromatic heterocycles. The van der Waals surface area contributed by atoms with Gasteiger partial charge in [0.2, 0.25) is 0 Å². The maximum Gasteiger partial charge on any atom is 0.191 e. The van der Waals surface area contributed by atoms with E-state index in [9.17, 15) is 0 Å². The Kier molecular flexibility index (Phi) is 10.0. The van der Waals surface area contributed by atoms with Gasteiger partial charge in [-0.1, -0.05) is 6.42 Å². The Labute approximate surface area is 187 Å². The number of nitrogens with one attached hydrogen (secondary N) is 2. The molecular weight excluding hydrogens is 489 g/mol. The Hall–Kier alpha value is -0.710. The van der Waals surface area contributed by atoms with Crippen LogP contribution in [0.4, 0.5) is 0 Å². The molecule has 5 nitrogen and oxygen atoms in total. The van der Waals surface area contributed by atoms with Crippen molar-refractivity contribution in [2.45, 2.75) is 32.6 Å². The molecule has 0 atom stereocenters. The molecule has 0 unspecified atom stereocenters. The van der Waals surface area contributed by atoms with E-state index in [-0.39, 0.29) is 24.0 Å². The number of piperidine rings is 1. The summed E-state index contributed by atoms with van der Waals surface area (Å²) in [7, 11) is 1.84. The number of hydrogen-bond acceptors (Lipinski definition) is 5. The molecule has 0 aromatic carbocycles. The molecule has 1 aliphatic heterocycles. The first-order chi connectivity index (χ1) is 12.7. The molecule has 8 heteroatoms. The number of thiazole rings is 1. The van der Waals surface area contributed by atoms with Gasteiger partial charge in [-0.15, -0.1) is 46.7 Å². The number of nitrogens with zero attached hydrogens (tertiary/aromatic N) is 3. The first kappa shape index (κ1) is 22.6. The van der Waals surface area contributed by atoms with Crippen LogP contribution < -0.4 is 10.6 Å². The predicted octanol–water partition coefficient (Wildman–Crippen LogP) is 3.99. The van der Waals surface area contributed by atoms with Crippen LogP contribution in [0.2, 0.25) is 0 Å². The standard InChI is InChI=1S/C19H29N5S2.HI/c1-15-23-17(14-25-15)18-7-6-16(26-18)8-9-21-19(20-2)22-10-13-24-11-4-3-5-12-24;/h6-7,14H,3-5,8-13H2,1-2H3,(H2,20,21,22);1H. The van der Waals surface area contributed by atoms with Crippen LogP contribution in [0.25, 0.3) is 10.6 Å². The summed E-state index contributed by atoms with van der Waals surface area (Å²) in [4.78, 5) is 14.1. The molecule has 0 spiro atoms. The molecule has 150 valence electrons. The highest BCUT2D eigenvalue weighted by Gasteiger charge is 2.09. The maximum absolute atomic E-state index is 4.57. The minimum atomic E-state index is 0. The minimum absolute atomic E-state index is 0. The molecule has 0 amide bonds. The Balaban J connectivity index is 0.00000261. The average Bonchev–Trinajstić information content (AvgIpc) is 3.30. The summed E-state index contributed by atoms with van der Waals surface area (Å²) in [5.41, 5.74) is 1.10. The van der Waals surface area contributed by atoms with Gasteiger partial charge in [0.1, 0.15) is 0 Å². The molecule has 1 saturated heterocycles. The van der Waals surface area contributed by atoms with Crippen LogP contribution in [0.5, 0.6) is 0 Å². The summed E-state index contributed by atoms with van der Waals surface area (Å²) in [6.07, 6.45) is 5.08. The molecule has 2 aromatic rings. The Morgan fingerprint density at radius 3 is 2.67 bits per heavy atom. The quantitative estimate of drug-likeness (QED) is 0.330. The normalized spacial score (nSPS) is 15.4. The number of aromatic nitrogens is 1. The van der Waals surface area contributed by atoms with Crippen molar-refractivity contribution in [3.63, 3.8) is 0 Å². The second-order valence-corrected chi connectivity index (χ2v) is 8.83. The van der Waals surface area contributed by atoms with E-state index in [0.717, 1.165) is 42.7 Å². The maximum atomic E-state index is 4.57. The Bertz CT molecular complexity index is 707. The van der Waals surface area contributed by atoms with Gasteiger partial charge in [-0.2, -0.15) is 0 Å². The summed E-state index contributed by atoms with van der Waals surface area (Å²) in [6, 6.07) is 4.39. The van der Waals surface area contributed by atoms with Crippen LogP contribution >= 0.6 is 46.7 Å². The molecular formula is C19H30IN5S2. The van der Waals surface area contributed by atoms with E-state index >= 15 is 0 Å². The molecule has 27 heavy (non-hydrogen) atoms. The predicted molar refractivity (Wildman–Crippen MR) is 129 cm³/mol. The first-order valence-electron chi connectivity index (χ1n) is 9.42. The van der Waals surface area contributed by atoms with Crippen molar-refractivity contribution in [1.29, 1.82) is 0 Å². The SMILES string of the molecule is CN=C(NCCc1ccc(-c2csc(C)n2)s1)NCCN1CCCCC1.I. The van der Waals surface area contributed by atoms with Crippen LogP contribution in [-0.2, 0) is 6.42 Å². The van der Waals surface area contributed by atoms with Crippen molar-refractivity contribution in [3.8, 4) is 10.6 Å². The molecule has 3 heterocycles. The molecule has 2 N–H and O–H groups in total. The third-order valence-electron chi connectivity index (χ3n) is 4.59. The molecule has 0 aliphatic carbocycles. The van der Waals surface area contributed by atoms with E-state index in [1.54, 1.807) is 11.3 Å². The van der Waals surface area contributed by atoms with Crippen LogP contribution in [0.3, 0.4) is 0 Å². The molecule has 0 radical (unpaired) electrons. The summed E-state index contributed by atoms with van der Waals surface area (Å²) in [6.45, 7) is 7.48. The number of thiophene rings is 1. The second-order valence-electron chi connectivity index (χ2n) is 6.60. The van der Waals surface area contributed by atoms with E-state index in [4.69, 9.17) is 0 Å². The average molecular weight is 520 g/mol. The largest absolute Gasteiger partial charge is 0.356 e. The lowest BCUT2D eigenvalue weighted by atomic mass is 10.1. The van der Waals surface area contributed by atoms with Crippen molar-refractivity contribution >= 4 is 52.6 Å². The van der Waals surface area contributed by atoms with Gasteiger partial charge in [0.05, 0.1) is 15.6 Å². The summed E-state index contributed by atoms with van der Waals surface area (Å²) in [5.74, 6) is 0.897. The highest BCUT2D eigenvalue weighted by molar-refractivity contribution is 14.0. The molecule has 3 rings (SSSR count). The number of rotatable bonds is 7. The smallest absolute Gasteiger partial charge is 0.191 e. The topological polar surface area (TPSA) is 52.6 Å². The van der Waals surface area contributed by atoms with E-state index in [1.165, 1.54) is 42.1 Å². The zero-order chi connectivity index (χ0) is 18.2. The fraction of sp³-hybridized carbons (Fsp3) is 0.579. The van der Waals surface area contributed by atoms with Crippen LogP contribution in [0.1, 0.15) is 29.1 Å². The van der Waals surface area contributed by atoms with Gasteiger partial charge in [-0.25, -0.2) is 4.98 Å². The van der Waals surface area contributed by atoms with E-state index in [1.807, 2.05) is 18.4 Å². The zero-order valence-corrected chi connectivity index (χ0v) is 20.1. The Morgan fingerprint density at radius 2 is 1.96 bits per heavy atom. The lowest BCUT2D eigenvalue weighted by molar-refractivity contribution is 0.232. The lowest BCUT2D eigenvalue weighted by Gasteiger charge is -2.26. The van der Waals surface area contributed by atoms with Gasteiger partial charge in [0, 0.05) is 36.9 Å². The fourth-order valence-corrected chi connectivity index (χ4v) is 4.82. The lowest BCUT2D eigenvalue weighted by Crippen LogP contribution is -2.43. The van der Waals surface area contributed by atoms with Crippen LogP contribution in [0, 0.1) is 6.92 Å². The van der Waals surface area contributed by atoms with Crippen LogP contribution in [-0.4, -0.2) is 55.6 Å². The van der Waals surface area contributed by atoms with Crippen molar-refractivity contribution < 1.29 is 0 Å². The van der Waals surface area contributed by atoms with Crippen molar-refractivity contribution in [3.05, 3.63) is 27.4 Å². The van der Waals surface area contributed by atoms with Gasteiger partial charge in [0.15, 0.2) is 5.96 Å². The molecule has 1 aliphatic rings. The van der Waals surface area contributed by atoms with E-state index < -0.39 is 0 Å². The van der Waals surface area contributed by atoms with E-state index in [2.05, 4.69) is 49.9 Å². The van der Waals surface area contributed by atoms with Gasteiger partial charge < -0.3 is 15.5 Å². The molecule has 0 saturated carbocycles. The van der Waals surface area contributed by atoms with Crippen molar-refractivity contribution in [2.24, 2.45) is 4.99 Å². The van der Waals surface area contributed by atoms with Gasteiger partial charge in [-0.05, 0) is 51.4 Å². The monoisotopic (exact) mass is 519 g/mol. The summed E-state index contributed by atoms with van der Waals surface area (Å²) >= 11 is 3.54. The minimum Gasteiger partial charge on any atom is -0.356 e.